The van der Waals surface area contributed by atoms with Crippen LogP contribution in [0.2, 0.25) is 5.02 Å². The standard InChI is InChI=1S/C18H19ClN4O5/c19-11-3-1-10(2-4-11)14(25)8-15-20-16(28-21-15)9-23-17(26)13-7-12(24)5-6-22(13)18(23)27/h1-4,12-14,24-25H,5-9H2/t12-,13-,14-/m0/s1. The van der Waals surface area contributed by atoms with E-state index in [9.17, 15) is 19.8 Å². The van der Waals surface area contributed by atoms with Gasteiger partial charge >= 0.3 is 6.03 Å². The molecular weight excluding hydrogens is 388 g/mol. The summed E-state index contributed by atoms with van der Waals surface area (Å²) in [7, 11) is 0. The molecule has 28 heavy (non-hydrogen) atoms. The lowest BCUT2D eigenvalue weighted by Gasteiger charge is -2.29. The van der Waals surface area contributed by atoms with Crippen LogP contribution in [0.25, 0.3) is 0 Å². The average molecular weight is 407 g/mol. The van der Waals surface area contributed by atoms with E-state index in [1.54, 1.807) is 24.3 Å². The van der Waals surface area contributed by atoms with E-state index >= 15 is 0 Å². The number of carbonyl (C=O) groups is 2. The number of hydrogen-bond acceptors (Lipinski definition) is 7. The van der Waals surface area contributed by atoms with Gasteiger partial charge in [-0.15, -0.1) is 0 Å². The van der Waals surface area contributed by atoms with Crippen molar-refractivity contribution in [2.75, 3.05) is 6.54 Å². The second-order valence-electron chi connectivity index (χ2n) is 6.97. The van der Waals surface area contributed by atoms with Crippen LogP contribution in [0.1, 0.15) is 36.2 Å². The Morgan fingerprint density at radius 2 is 2.04 bits per heavy atom. The SMILES string of the molecule is O=C1[C@@H]2C[C@@H](O)CCN2C(=O)N1Cc1nc(C[C@H](O)c2ccc(Cl)cc2)no1. The zero-order valence-electron chi connectivity index (χ0n) is 14.9. The number of rotatable bonds is 5. The van der Waals surface area contributed by atoms with Gasteiger partial charge in [-0.05, 0) is 24.1 Å². The van der Waals surface area contributed by atoms with Gasteiger partial charge in [0.05, 0.1) is 12.2 Å². The van der Waals surface area contributed by atoms with Crippen molar-refractivity contribution < 1.29 is 24.3 Å². The zero-order valence-corrected chi connectivity index (χ0v) is 15.6. The second kappa shape index (κ2) is 7.50. The summed E-state index contributed by atoms with van der Waals surface area (Å²) in [4.78, 5) is 31.7. The van der Waals surface area contributed by atoms with Gasteiger partial charge in [0.25, 0.3) is 5.91 Å². The van der Waals surface area contributed by atoms with E-state index in [1.807, 2.05) is 0 Å². The Labute approximate surface area is 165 Å². The number of hydrogen-bond donors (Lipinski definition) is 2. The van der Waals surface area contributed by atoms with Crippen molar-refractivity contribution in [3.63, 3.8) is 0 Å². The molecule has 1 aromatic heterocycles. The van der Waals surface area contributed by atoms with Crippen molar-refractivity contribution in [1.82, 2.24) is 19.9 Å². The van der Waals surface area contributed by atoms with Gasteiger partial charge in [0.1, 0.15) is 12.6 Å². The molecule has 3 atom stereocenters. The third kappa shape index (κ3) is 3.60. The van der Waals surface area contributed by atoms with E-state index in [0.717, 1.165) is 4.90 Å². The Bertz CT molecular complexity index is 886. The molecule has 2 fully saturated rings. The summed E-state index contributed by atoms with van der Waals surface area (Å²) in [6.07, 6.45) is -0.607. The molecule has 4 rings (SSSR count). The summed E-state index contributed by atoms with van der Waals surface area (Å²) in [5.41, 5.74) is 0.663. The fraction of sp³-hybridized carbons (Fsp3) is 0.444. The molecule has 0 saturated carbocycles. The van der Waals surface area contributed by atoms with Crippen LogP contribution in [0.15, 0.2) is 28.8 Å². The van der Waals surface area contributed by atoms with Crippen LogP contribution in [0.3, 0.4) is 0 Å². The Hall–Kier alpha value is -2.49. The highest BCUT2D eigenvalue weighted by atomic mass is 35.5. The van der Waals surface area contributed by atoms with Crippen LogP contribution in [-0.2, 0) is 17.8 Å². The maximum atomic E-state index is 12.5. The molecule has 2 saturated heterocycles. The highest BCUT2D eigenvalue weighted by Crippen LogP contribution is 2.28. The van der Waals surface area contributed by atoms with Gasteiger partial charge in [-0.1, -0.05) is 28.9 Å². The predicted molar refractivity (Wildman–Crippen MR) is 96.1 cm³/mol. The fourth-order valence-corrected chi connectivity index (χ4v) is 3.66. The zero-order chi connectivity index (χ0) is 19.8. The smallest absolute Gasteiger partial charge is 0.327 e. The lowest BCUT2D eigenvalue weighted by atomic mass is 10.0. The number of imide groups is 1. The Balaban J connectivity index is 1.41. The number of aliphatic hydroxyl groups is 2. The Morgan fingerprint density at radius 3 is 2.79 bits per heavy atom. The molecule has 1 aromatic carbocycles. The molecule has 148 valence electrons. The van der Waals surface area contributed by atoms with Crippen LogP contribution >= 0.6 is 11.6 Å². The minimum absolute atomic E-state index is 0.111. The molecular formula is C18H19ClN4O5. The van der Waals surface area contributed by atoms with Gasteiger partial charge in [-0.3, -0.25) is 9.69 Å². The molecule has 9 nitrogen and oxygen atoms in total. The first-order valence-corrected chi connectivity index (χ1v) is 9.35. The highest BCUT2D eigenvalue weighted by Gasteiger charge is 2.48. The first-order valence-electron chi connectivity index (χ1n) is 8.97. The number of halogens is 1. The Kier molecular flexibility index (Phi) is 5.05. The highest BCUT2D eigenvalue weighted by molar-refractivity contribution is 6.30. The third-order valence-electron chi connectivity index (χ3n) is 5.04. The van der Waals surface area contributed by atoms with Crippen molar-refractivity contribution >= 4 is 23.5 Å². The summed E-state index contributed by atoms with van der Waals surface area (Å²) in [5, 5.41) is 24.4. The predicted octanol–water partition coefficient (Wildman–Crippen LogP) is 1.29. The number of aliphatic hydroxyl groups excluding tert-OH is 2. The van der Waals surface area contributed by atoms with E-state index in [-0.39, 0.29) is 37.0 Å². The molecule has 2 aromatic rings. The molecule has 2 aliphatic heterocycles. The number of nitrogens with zero attached hydrogens (tertiary/aromatic N) is 4. The molecule has 3 heterocycles. The van der Waals surface area contributed by atoms with Crippen LogP contribution in [0.4, 0.5) is 4.79 Å². The van der Waals surface area contributed by atoms with Crippen molar-refractivity contribution in [2.45, 2.75) is 44.1 Å². The minimum atomic E-state index is -0.840. The van der Waals surface area contributed by atoms with E-state index < -0.39 is 24.3 Å². The fourth-order valence-electron chi connectivity index (χ4n) is 3.53. The number of benzene rings is 1. The summed E-state index contributed by atoms with van der Waals surface area (Å²) in [5.74, 6) is 0.00906. The normalized spacial score (nSPS) is 23.2. The van der Waals surface area contributed by atoms with Crippen molar-refractivity contribution in [1.29, 1.82) is 0 Å². The summed E-state index contributed by atoms with van der Waals surface area (Å²) in [6, 6.07) is 5.73. The van der Waals surface area contributed by atoms with Crippen LogP contribution in [0, 0.1) is 0 Å². The maximum Gasteiger partial charge on any atom is 0.327 e. The van der Waals surface area contributed by atoms with Crippen molar-refractivity contribution in [2.24, 2.45) is 0 Å². The van der Waals surface area contributed by atoms with Gasteiger partial charge in [0, 0.05) is 24.4 Å². The first-order chi connectivity index (χ1) is 13.4. The summed E-state index contributed by atoms with van der Waals surface area (Å²) in [6.45, 7) is 0.208. The van der Waals surface area contributed by atoms with Crippen LogP contribution in [-0.4, -0.2) is 60.8 Å². The Morgan fingerprint density at radius 1 is 1.29 bits per heavy atom. The lowest BCUT2D eigenvalue weighted by molar-refractivity contribution is -0.130. The lowest BCUT2D eigenvalue weighted by Crippen LogP contribution is -2.43. The van der Waals surface area contributed by atoms with Gasteiger partial charge in [0.2, 0.25) is 5.89 Å². The first kappa shape index (κ1) is 18.9. The molecule has 2 aliphatic rings. The molecule has 3 amide bonds. The maximum absolute atomic E-state index is 12.5. The molecule has 0 unspecified atom stereocenters. The van der Waals surface area contributed by atoms with Gasteiger partial charge < -0.3 is 19.6 Å². The summed E-state index contributed by atoms with van der Waals surface area (Å²) < 4.78 is 5.15. The van der Waals surface area contributed by atoms with Gasteiger partial charge in [0.15, 0.2) is 5.82 Å². The third-order valence-corrected chi connectivity index (χ3v) is 5.29. The van der Waals surface area contributed by atoms with E-state index in [1.165, 1.54) is 4.90 Å². The number of aromatic nitrogens is 2. The van der Waals surface area contributed by atoms with E-state index in [0.29, 0.717) is 23.6 Å². The number of fused-ring (bicyclic) bond motifs is 1. The second-order valence-corrected chi connectivity index (χ2v) is 7.41. The van der Waals surface area contributed by atoms with Crippen LogP contribution in [0.5, 0.6) is 0 Å². The number of piperidine rings is 1. The van der Waals surface area contributed by atoms with E-state index in [4.69, 9.17) is 16.1 Å². The monoisotopic (exact) mass is 406 g/mol. The minimum Gasteiger partial charge on any atom is -0.393 e. The number of amides is 3. The molecule has 0 bridgehead atoms. The van der Waals surface area contributed by atoms with Crippen molar-refractivity contribution in [3.05, 3.63) is 46.6 Å². The quantitative estimate of drug-likeness (QED) is 0.717. The van der Waals surface area contributed by atoms with Gasteiger partial charge in [-0.25, -0.2) is 4.79 Å². The summed E-state index contributed by atoms with van der Waals surface area (Å²) >= 11 is 5.84. The molecule has 2 N–H and O–H groups in total. The average Bonchev–Trinajstić information content (AvgIpc) is 3.20. The van der Waals surface area contributed by atoms with Crippen LogP contribution < -0.4 is 0 Å². The molecule has 0 spiro atoms. The topological polar surface area (TPSA) is 120 Å². The molecule has 10 heteroatoms. The molecule has 0 radical (unpaired) electrons. The van der Waals surface area contributed by atoms with Gasteiger partial charge in [-0.2, -0.15) is 4.98 Å². The largest absolute Gasteiger partial charge is 0.393 e. The van der Waals surface area contributed by atoms with Crippen molar-refractivity contribution in [3.8, 4) is 0 Å². The number of carbonyl (C=O) groups excluding carboxylic acids is 2. The van der Waals surface area contributed by atoms with E-state index in [2.05, 4.69) is 10.1 Å². The molecule has 0 aliphatic carbocycles. The number of urea groups is 1.